The Balaban J connectivity index is 1.52. The van der Waals surface area contributed by atoms with Gasteiger partial charge in [-0.25, -0.2) is 17.4 Å². The van der Waals surface area contributed by atoms with E-state index in [1.54, 1.807) is 49.3 Å². The van der Waals surface area contributed by atoms with Gasteiger partial charge in [0, 0.05) is 29.6 Å². The molecule has 0 radical (unpaired) electrons. The van der Waals surface area contributed by atoms with Crippen LogP contribution < -0.4 is 0 Å². The molecule has 1 saturated heterocycles. The number of ether oxygens (including phenoxy) is 1. The third-order valence-electron chi connectivity index (χ3n) is 6.14. The lowest BCUT2D eigenvalue weighted by Gasteiger charge is -2.26. The molecule has 0 saturated carbocycles. The number of morpholine rings is 1. The maximum absolute atomic E-state index is 13.3. The van der Waals surface area contributed by atoms with Gasteiger partial charge in [-0.15, -0.1) is 0 Å². The van der Waals surface area contributed by atoms with Crippen LogP contribution in [-0.4, -0.2) is 64.7 Å². The quantitative estimate of drug-likeness (QED) is 0.422. The zero-order valence-corrected chi connectivity index (χ0v) is 20.4. The van der Waals surface area contributed by atoms with Crippen LogP contribution in [0.2, 0.25) is 0 Å². The summed E-state index contributed by atoms with van der Waals surface area (Å²) in [6.45, 7) is 5.60. The van der Waals surface area contributed by atoms with Crippen molar-refractivity contribution in [3.63, 3.8) is 0 Å². The number of fused-ring (bicyclic) bond motifs is 1. The summed E-state index contributed by atoms with van der Waals surface area (Å²) >= 11 is 0. The van der Waals surface area contributed by atoms with Crippen molar-refractivity contribution in [2.75, 3.05) is 26.3 Å². The Hall–Kier alpha value is -3.56. The molecule has 9 heteroatoms. The topological polar surface area (TPSA) is 94.4 Å². The van der Waals surface area contributed by atoms with Gasteiger partial charge in [0.2, 0.25) is 10.0 Å². The van der Waals surface area contributed by atoms with E-state index in [4.69, 9.17) is 9.72 Å². The van der Waals surface area contributed by atoms with Gasteiger partial charge in [0.1, 0.15) is 5.69 Å². The van der Waals surface area contributed by atoms with Gasteiger partial charge >= 0.3 is 0 Å². The summed E-state index contributed by atoms with van der Waals surface area (Å²) in [4.78, 5) is 23.6. The van der Waals surface area contributed by atoms with E-state index in [0.717, 1.165) is 10.9 Å². The molecular formula is C26H26N4O4S. The van der Waals surface area contributed by atoms with E-state index >= 15 is 0 Å². The van der Waals surface area contributed by atoms with Crippen LogP contribution in [0.3, 0.4) is 0 Å². The van der Waals surface area contributed by atoms with E-state index in [0.29, 0.717) is 54.5 Å². The van der Waals surface area contributed by atoms with E-state index in [1.165, 1.54) is 3.97 Å². The summed E-state index contributed by atoms with van der Waals surface area (Å²) in [5.41, 5.74) is 3.50. The fourth-order valence-electron chi connectivity index (χ4n) is 4.15. The van der Waals surface area contributed by atoms with E-state index in [9.17, 15) is 13.2 Å². The Labute approximate surface area is 204 Å². The predicted octanol–water partition coefficient (Wildman–Crippen LogP) is 3.82. The largest absolute Gasteiger partial charge is 0.378 e. The maximum Gasteiger partial charge on any atom is 0.254 e. The number of carbonyl (C=O) groups is 1. The molecule has 4 aromatic rings. The van der Waals surface area contributed by atoms with Crippen LogP contribution in [0.15, 0.2) is 67.0 Å². The highest BCUT2D eigenvalue weighted by Crippen LogP contribution is 2.31. The Kier molecular flexibility index (Phi) is 6.12. The number of amides is 1. The smallest absolute Gasteiger partial charge is 0.254 e. The Morgan fingerprint density at radius 1 is 0.971 bits per heavy atom. The first-order valence-corrected chi connectivity index (χ1v) is 13.0. The zero-order chi connectivity index (χ0) is 24.6. The molecule has 5 rings (SSSR count). The van der Waals surface area contributed by atoms with Crippen LogP contribution >= 0.6 is 0 Å². The summed E-state index contributed by atoms with van der Waals surface area (Å²) in [6, 6.07) is 16.4. The van der Waals surface area contributed by atoms with E-state index in [1.807, 2.05) is 36.4 Å². The number of rotatable bonds is 5. The van der Waals surface area contributed by atoms with Crippen LogP contribution in [0.5, 0.6) is 0 Å². The average molecular weight is 491 g/mol. The number of carbonyl (C=O) groups excluding carboxylic acids is 1. The summed E-state index contributed by atoms with van der Waals surface area (Å²) in [5, 5.41) is 0.203. The third kappa shape index (κ3) is 4.33. The molecule has 35 heavy (non-hydrogen) atoms. The molecule has 0 spiro atoms. The summed E-state index contributed by atoms with van der Waals surface area (Å²) < 4.78 is 33.2. The van der Waals surface area contributed by atoms with Crippen LogP contribution in [-0.2, 0) is 14.8 Å². The second-order valence-corrected chi connectivity index (χ2v) is 11.1. The Morgan fingerprint density at radius 3 is 2.37 bits per heavy atom. The first-order valence-electron chi connectivity index (χ1n) is 11.5. The van der Waals surface area contributed by atoms with Crippen LogP contribution in [0.25, 0.3) is 33.5 Å². The Bertz CT molecular complexity index is 1490. The van der Waals surface area contributed by atoms with Crippen molar-refractivity contribution < 1.29 is 17.9 Å². The molecule has 0 N–H and O–H groups in total. The number of hydrogen-bond donors (Lipinski definition) is 0. The van der Waals surface area contributed by atoms with Crippen LogP contribution in [0.1, 0.15) is 24.2 Å². The highest BCUT2D eigenvalue weighted by molar-refractivity contribution is 7.90. The highest BCUT2D eigenvalue weighted by Gasteiger charge is 2.26. The second kappa shape index (κ2) is 9.24. The molecule has 0 bridgehead atoms. The minimum Gasteiger partial charge on any atom is -0.378 e. The third-order valence-corrected chi connectivity index (χ3v) is 8.23. The molecule has 1 fully saturated rings. The number of nitrogens with zero attached hydrogens (tertiary/aromatic N) is 4. The number of aromatic nitrogens is 3. The van der Waals surface area contributed by atoms with E-state index in [-0.39, 0.29) is 5.91 Å². The van der Waals surface area contributed by atoms with Crippen molar-refractivity contribution in [2.45, 2.75) is 19.1 Å². The predicted molar refractivity (Wildman–Crippen MR) is 135 cm³/mol. The highest BCUT2D eigenvalue weighted by atomic mass is 32.2. The van der Waals surface area contributed by atoms with Crippen molar-refractivity contribution in [1.82, 2.24) is 18.8 Å². The van der Waals surface area contributed by atoms with Crippen molar-refractivity contribution >= 4 is 26.8 Å². The lowest BCUT2D eigenvalue weighted by Crippen LogP contribution is -2.40. The van der Waals surface area contributed by atoms with Gasteiger partial charge in [0.25, 0.3) is 5.91 Å². The average Bonchev–Trinajstić information content (AvgIpc) is 3.29. The van der Waals surface area contributed by atoms with Gasteiger partial charge in [-0.05, 0) is 38.1 Å². The molecule has 0 atom stereocenters. The van der Waals surface area contributed by atoms with Gasteiger partial charge in [0.05, 0.1) is 47.8 Å². The molecule has 2 aromatic heterocycles. The SMILES string of the molecule is CC(C)S(=O)(=O)n1c(-c2cncc(-c3ccc(C(=O)N4CCOCC4)cc3)n2)cc2ccccc21. The summed E-state index contributed by atoms with van der Waals surface area (Å²) in [7, 11) is -3.64. The van der Waals surface area contributed by atoms with Crippen molar-refractivity contribution in [3.05, 3.63) is 72.6 Å². The minimum absolute atomic E-state index is 0.0249. The lowest BCUT2D eigenvalue weighted by molar-refractivity contribution is 0.0303. The van der Waals surface area contributed by atoms with E-state index < -0.39 is 15.3 Å². The normalized spacial score (nSPS) is 14.5. The van der Waals surface area contributed by atoms with Gasteiger partial charge in [-0.2, -0.15) is 0 Å². The molecule has 0 aliphatic carbocycles. The number of benzene rings is 2. The maximum atomic E-state index is 13.3. The van der Waals surface area contributed by atoms with Gasteiger partial charge in [-0.1, -0.05) is 30.3 Å². The van der Waals surface area contributed by atoms with Gasteiger partial charge in [-0.3, -0.25) is 9.78 Å². The fraction of sp³-hybridized carbons (Fsp3) is 0.269. The molecule has 1 aliphatic heterocycles. The van der Waals surface area contributed by atoms with Crippen molar-refractivity contribution in [2.24, 2.45) is 0 Å². The lowest BCUT2D eigenvalue weighted by atomic mass is 10.1. The standard InChI is InChI=1S/C26H26N4O4S/c1-18(2)35(32,33)30-24-6-4-3-5-21(24)15-25(30)23-17-27-16-22(28-23)19-7-9-20(10-8-19)26(31)29-11-13-34-14-12-29/h3-10,15-18H,11-14H2,1-2H3. The molecule has 0 unspecified atom stereocenters. The Morgan fingerprint density at radius 2 is 1.66 bits per heavy atom. The molecule has 3 heterocycles. The first-order chi connectivity index (χ1) is 16.9. The second-order valence-electron chi connectivity index (χ2n) is 8.72. The number of hydrogen-bond acceptors (Lipinski definition) is 6. The van der Waals surface area contributed by atoms with Crippen LogP contribution in [0.4, 0.5) is 0 Å². The molecule has 8 nitrogen and oxygen atoms in total. The fourth-order valence-corrected chi connectivity index (χ4v) is 5.44. The zero-order valence-electron chi connectivity index (χ0n) is 19.6. The van der Waals surface area contributed by atoms with Crippen molar-refractivity contribution in [3.8, 4) is 22.6 Å². The minimum atomic E-state index is -3.64. The monoisotopic (exact) mass is 490 g/mol. The molecule has 180 valence electrons. The molecule has 1 amide bonds. The molecular weight excluding hydrogens is 464 g/mol. The van der Waals surface area contributed by atoms with Crippen LogP contribution in [0, 0.1) is 0 Å². The first kappa shape index (κ1) is 23.2. The number of para-hydroxylation sites is 1. The summed E-state index contributed by atoms with van der Waals surface area (Å²) in [6.07, 6.45) is 3.20. The van der Waals surface area contributed by atoms with E-state index in [2.05, 4.69) is 4.98 Å². The van der Waals surface area contributed by atoms with Gasteiger partial charge < -0.3 is 9.64 Å². The van der Waals surface area contributed by atoms with Crippen molar-refractivity contribution in [1.29, 1.82) is 0 Å². The summed E-state index contributed by atoms with van der Waals surface area (Å²) in [5.74, 6) is -0.0249. The molecule has 2 aromatic carbocycles. The molecule has 1 aliphatic rings. The van der Waals surface area contributed by atoms with Gasteiger partial charge in [0.15, 0.2) is 0 Å².